The van der Waals surface area contributed by atoms with E-state index in [1.54, 1.807) is 44.0 Å². The minimum atomic E-state index is -4.07. The summed E-state index contributed by atoms with van der Waals surface area (Å²) in [6.45, 7) is 1.67. The maximum absolute atomic E-state index is 13.0. The van der Waals surface area contributed by atoms with Crippen molar-refractivity contribution in [1.29, 1.82) is 0 Å². The van der Waals surface area contributed by atoms with Gasteiger partial charge in [0.2, 0.25) is 0 Å². The highest BCUT2D eigenvalue weighted by atomic mass is 32.2. The van der Waals surface area contributed by atoms with Gasteiger partial charge in [-0.05, 0) is 54.8 Å². The average Bonchev–Trinajstić information content (AvgIpc) is 3.25. The lowest BCUT2D eigenvalue weighted by molar-refractivity contribution is 0.241. The quantitative estimate of drug-likeness (QED) is 0.377. The van der Waals surface area contributed by atoms with Crippen LogP contribution in [0.3, 0.4) is 0 Å². The van der Waals surface area contributed by atoms with Crippen molar-refractivity contribution < 1.29 is 17.9 Å². The molecule has 3 aromatic carbocycles. The van der Waals surface area contributed by atoms with Gasteiger partial charge in [-0.2, -0.15) is 0 Å². The number of sulfonamides is 1. The van der Waals surface area contributed by atoms with Gasteiger partial charge in [0.05, 0.1) is 23.7 Å². The summed E-state index contributed by atoms with van der Waals surface area (Å²) in [6.07, 6.45) is 0.376. The van der Waals surface area contributed by atoms with Crippen LogP contribution in [0.4, 0.5) is 4.79 Å². The van der Waals surface area contributed by atoms with Gasteiger partial charge >= 0.3 is 6.03 Å². The van der Waals surface area contributed by atoms with Crippen LogP contribution < -0.4 is 14.8 Å². The van der Waals surface area contributed by atoms with Crippen LogP contribution in [0, 0.1) is 6.92 Å². The van der Waals surface area contributed by atoms with E-state index in [0.29, 0.717) is 29.1 Å². The van der Waals surface area contributed by atoms with Gasteiger partial charge in [0.1, 0.15) is 11.4 Å². The molecule has 186 valence electrons. The number of carbonyl (C=O) groups is 1. The molecular formula is C26H27N5O4S. The zero-order valence-corrected chi connectivity index (χ0v) is 21.0. The molecule has 4 aromatic rings. The summed E-state index contributed by atoms with van der Waals surface area (Å²) in [5.41, 5.74) is 3.51. The highest BCUT2D eigenvalue weighted by Crippen LogP contribution is 2.29. The fourth-order valence-corrected chi connectivity index (χ4v) is 5.14. The Bertz CT molecular complexity index is 1450. The van der Waals surface area contributed by atoms with Crippen LogP contribution in [-0.2, 0) is 23.5 Å². The van der Waals surface area contributed by atoms with Crippen molar-refractivity contribution in [1.82, 2.24) is 25.0 Å². The van der Waals surface area contributed by atoms with Crippen molar-refractivity contribution in [2.75, 3.05) is 7.11 Å². The lowest BCUT2D eigenvalue weighted by Crippen LogP contribution is -2.42. The van der Waals surface area contributed by atoms with Crippen molar-refractivity contribution in [2.45, 2.75) is 24.3 Å². The molecule has 2 amide bonds. The van der Waals surface area contributed by atoms with Crippen LogP contribution in [-0.4, -0.2) is 36.6 Å². The monoisotopic (exact) mass is 505 g/mol. The van der Waals surface area contributed by atoms with E-state index in [1.807, 2.05) is 54.6 Å². The molecule has 0 aliphatic heterocycles. The average molecular weight is 506 g/mol. The van der Waals surface area contributed by atoms with Crippen LogP contribution in [0.25, 0.3) is 11.3 Å². The molecule has 9 nitrogen and oxygen atoms in total. The Morgan fingerprint density at radius 3 is 2.33 bits per heavy atom. The second-order valence-electron chi connectivity index (χ2n) is 8.26. The summed E-state index contributed by atoms with van der Waals surface area (Å²) < 4.78 is 34.8. The summed E-state index contributed by atoms with van der Waals surface area (Å²) in [5, 5.41) is 11.3. The number of urea groups is 1. The molecule has 0 aliphatic rings. The van der Waals surface area contributed by atoms with Gasteiger partial charge in [0, 0.05) is 12.6 Å². The molecule has 0 radical (unpaired) electrons. The smallest absolute Gasteiger partial charge is 0.329 e. The van der Waals surface area contributed by atoms with Crippen LogP contribution in [0.1, 0.15) is 22.9 Å². The first-order valence-corrected chi connectivity index (χ1v) is 12.7. The SMILES string of the molecule is COc1ccc(-c2c(C(Cc3ccccc3)NC(=O)NS(=O)(=O)c3ccccc3C)nnn2C)cc1. The predicted octanol–water partition coefficient (Wildman–Crippen LogP) is 3.77. The Balaban J connectivity index is 1.67. The van der Waals surface area contributed by atoms with Crippen LogP contribution in [0.5, 0.6) is 5.75 Å². The number of nitrogens with one attached hydrogen (secondary N) is 2. The molecule has 0 saturated heterocycles. The molecule has 1 unspecified atom stereocenters. The zero-order valence-electron chi connectivity index (χ0n) is 20.2. The van der Waals surface area contributed by atoms with E-state index in [9.17, 15) is 13.2 Å². The van der Waals surface area contributed by atoms with Crippen LogP contribution in [0.15, 0.2) is 83.8 Å². The second kappa shape index (κ2) is 10.6. The lowest BCUT2D eigenvalue weighted by Gasteiger charge is -2.19. The number of aryl methyl sites for hydroxylation is 2. The number of ether oxygens (including phenoxy) is 1. The summed E-state index contributed by atoms with van der Waals surface area (Å²) in [4.78, 5) is 13.0. The van der Waals surface area contributed by atoms with Gasteiger partial charge in [-0.25, -0.2) is 22.6 Å². The third-order valence-electron chi connectivity index (χ3n) is 5.74. The molecule has 4 rings (SSSR count). The minimum absolute atomic E-state index is 0.0400. The van der Waals surface area contributed by atoms with Gasteiger partial charge in [0.15, 0.2) is 0 Å². The molecule has 1 aromatic heterocycles. The van der Waals surface area contributed by atoms with Gasteiger partial charge in [0.25, 0.3) is 10.0 Å². The fourth-order valence-electron chi connectivity index (χ4n) is 3.98. The molecule has 10 heteroatoms. The van der Waals surface area contributed by atoms with Crippen molar-refractivity contribution in [2.24, 2.45) is 7.05 Å². The molecule has 0 aliphatic carbocycles. The molecule has 1 heterocycles. The fraction of sp³-hybridized carbons (Fsp3) is 0.192. The number of nitrogens with zero attached hydrogens (tertiary/aromatic N) is 3. The van der Waals surface area contributed by atoms with E-state index >= 15 is 0 Å². The van der Waals surface area contributed by atoms with E-state index in [2.05, 4.69) is 20.4 Å². The maximum atomic E-state index is 13.0. The zero-order chi connectivity index (χ0) is 25.7. The number of aromatic nitrogens is 3. The van der Waals surface area contributed by atoms with E-state index in [0.717, 1.165) is 11.1 Å². The summed E-state index contributed by atoms with van der Waals surface area (Å²) >= 11 is 0. The lowest BCUT2D eigenvalue weighted by atomic mass is 9.99. The highest BCUT2D eigenvalue weighted by Gasteiger charge is 2.27. The van der Waals surface area contributed by atoms with Crippen molar-refractivity contribution in [3.63, 3.8) is 0 Å². The standard InChI is InChI=1S/C26H27N5O4S/c1-18-9-7-8-12-23(18)36(33,34)29-26(32)27-22(17-19-10-5-4-6-11-19)24-25(31(2)30-28-24)20-13-15-21(35-3)16-14-20/h4-16,22H,17H2,1-3H3,(H2,27,29,32). The van der Waals surface area contributed by atoms with Gasteiger partial charge in [-0.15, -0.1) is 5.10 Å². The largest absolute Gasteiger partial charge is 0.497 e. The van der Waals surface area contributed by atoms with Gasteiger partial charge in [-0.1, -0.05) is 53.7 Å². The minimum Gasteiger partial charge on any atom is -0.497 e. The van der Waals surface area contributed by atoms with Gasteiger partial charge < -0.3 is 10.1 Å². The van der Waals surface area contributed by atoms with E-state index < -0.39 is 22.1 Å². The topological polar surface area (TPSA) is 115 Å². The number of rotatable bonds is 8. The molecule has 2 N–H and O–H groups in total. The Labute approximate surface area is 210 Å². The third-order valence-corrected chi connectivity index (χ3v) is 7.24. The first-order valence-electron chi connectivity index (χ1n) is 11.3. The molecule has 0 spiro atoms. The Kier molecular flexibility index (Phi) is 7.35. The second-order valence-corrected chi connectivity index (χ2v) is 9.91. The number of methoxy groups -OCH3 is 1. The molecular weight excluding hydrogens is 478 g/mol. The van der Waals surface area contributed by atoms with Crippen LogP contribution in [0.2, 0.25) is 0 Å². The summed E-state index contributed by atoms with van der Waals surface area (Å²) in [7, 11) is -0.718. The third kappa shape index (κ3) is 5.55. The number of hydrogen-bond acceptors (Lipinski definition) is 6. The summed E-state index contributed by atoms with van der Waals surface area (Å²) in [5.74, 6) is 0.704. The predicted molar refractivity (Wildman–Crippen MR) is 136 cm³/mol. The van der Waals surface area contributed by atoms with E-state index in [1.165, 1.54) is 6.07 Å². The normalized spacial score (nSPS) is 12.1. The number of benzene rings is 3. The maximum Gasteiger partial charge on any atom is 0.329 e. The van der Waals surface area contributed by atoms with E-state index in [-0.39, 0.29) is 4.90 Å². The van der Waals surface area contributed by atoms with E-state index in [4.69, 9.17) is 4.74 Å². The van der Waals surface area contributed by atoms with Gasteiger partial charge in [-0.3, -0.25) is 0 Å². The number of carbonyl (C=O) groups excluding carboxylic acids is 1. The van der Waals surface area contributed by atoms with Crippen molar-refractivity contribution in [3.05, 3.63) is 95.7 Å². The molecule has 1 atom stereocenters. The van der Waals surface area contributed by atoms with Crippen molar-refractivity contribution >= 4 is 16.1 Å². The molecule has 0 fully saturated rings. The first kappa shape index (κ1) is 24.9. The summed E-state index contributed by atoms with van der Waals surface area (Å²) in [6, 6.07) is 21.9. The molecule has 36 heavy (non-hydrogen) atoms. The first-order chi connectivity index (χ1) is 17.3. The number of hydrogen-bond donors (Lipinski definition) is 2. The van der Waals surface area contributed by atoms with Crippen LogP contribution >= 0.6 is 0 Å². The number of amides is 2. The Morgan fingerprint density at radius 2 is 1.67 bits per heavy atom. The molecule has 0 saturated carbocycles. The highest BCUT2D eigenvalue weighted by molar-refractivity contribution is 7.90. The Hall–Kier alpha value is -4.18. The van der Waals surface area contributed by atoms with Crippen molar-refractivity contribution in [3.8, 4) is 17.0 Å². The Morgan fingerprint density at radius 1 is 1.00 bits per heavy atom. The molecule has 0 bridgehead atoms.